The number of carbonyl (C=O) groups is 2. The van der Waals surface area contributed by atoms with Crippen LogP contribution in [0.4, 0.5) is 4.79 Å². The van der Waals surface area contributed by atoms with Crippen molar-refractivity contribution in [2.45, 2.75) is 64.1 Å². The zero-order chi connectivity index (χ0) is 22.6. The summed E-state index contributed by atoms with van der Waals surface area (Å²) in [5.41, 5.74) is 1.48. The third-order valence-electron chi connectivity index (χ3n) is 7.21. The summed E-state index contributed by atoms with van der Waals surface area (Å²) in [5, 5.41) is 0. The Hall–Kier alpha value is -2.73. The second kappa shape index (κ2) is 9.82. The minimum atomic E-state index is -0.717. The highest BCUT2D eigenvalue weighted by atomic mass is 16.2. The molecule has 3 heterocycles. The van der Waals surface area contributed by atoms with Gasteiger partial charge in [-0.3, -0.25) is 14.7 Å². The zero-order valence-electron chi connectivity index (χ0n) is 19.2. The van der Waals surface area contributed by atoms with E-state index in [9.17, 15) is 9.59 Å². The van der Waals surface area contributed by atoms with Crippen molar-refractivity contribution in [3.05, 3.63) is 66.0 Å². The van der Waals surface area contributed by atoms with Crippen LogP contribution in [0.25, 0.3) is 0 Å². The van der Waals surface area contributed by atoms with Gasteiger partial charge in [-0.05, 0) is 56.2 Å². The Morgan fingerprint density at radius 2 is 1.75 bits per heavy atom. The number of rotatable bonds is 8. The molecule has 2 aromatic rings. The predicted octanol–water partition coefficient (Wildman–Crippen LogP) is 4.11. The molecule has 2 aliphatic rings. The molecular formula is C26H34N4O2. The van der Waals surface area contributed by atoms with Gasteiger partial charge in [0.25, 0.3) is 5.91 Å². The number of aryl methyl sites for hydroxylation is 1. The first kappa shape index (κ1) is 22.5. The molecule has 3 amide bonds. The molecule has 2 saturated heterocycles. The summed E-state index contributed by atoms with van der Waals surface area (Å²) in [4.78, 5) is 37.2. The Labute approximate surface area is 191 Å². The molecule has 32 heavy (non-hydrogen) atoms. The SMILES string of the molecule is CCC(C)N1CCC2(CC1)C(=O)N(CCCc1cccnc1)C(=O)N2Cc1ccccc1. The van der Waals surface area contributed by atoms with Gasteiger partial charge in [0.1, 0.15) is 5.54 Å². The van der Waals surface area contributed by atoms with Crippen molar-refractivity contribution < 1.29 is 9.59 Å². The number of hydrogen-bond donors (Lipinski definition) is 0. The first-order valence-electron chi connectivity index (χ1n) is 11.9. The average molecular weight is 435 g/mol. The van der Waals surface area contributed by atoms with Gasteiger partial charge in [0.15, 0.2) is 0 Å². The van der Waals surface area contributed by atoms with E-state index in [0.29, 0.717) is 32.0 Å². The number of piperidine rings is 1. The first-order valence-corrected chi connectivity index (χ1v) is 11.9. The Morgan fingerprint density at radius 1 is 1.03 bits per heavy atom. The Balaban J connectivity index is 1.52. The maximum atomic E-state index is 13.7. The molecule has 0 bridgehead atoms. The largest absolute Gasteiger partial charge is 0.327 e. The highest BCUT2D eigenvalue weighted by Crippen LogP contribution is 2.39. The second-order valence-corrected chi connectivity index (χ2v) is 9.10. The highest BCUT2D eigenvalue weighted by Gasteiger charge is 2.57. The Kier molecular flexibility index (Phi) is 6.89. The van der Waals surface area contributed by atoms with Gasteiger partial charge in [-0.2, -0.15) is 0 Å². The van der Waals surface area contributed by atoms with E-state index in [2.05, 4.69) is 23.7 Å². The molecule has 1 atom stereocenters. The molecule has 6 nitrogen and oxygen atoms in total. The van der Waals surface area contributed by atoms with Crippen molar-refractivity contribution in [2.75, 3.05) is 19.6 Å². The number of carbonyl (C=O) groups excluding carboxylic acids is 2. The molecule has 2 fully saturated rings. The third kappa shape index (κ3) is 4.42. The molecule has 0 N–H and O–H groups in total. The average Bonchev–Trinajstić information content (AvgIpc) is 3.02. The van der Waals surface area contributed by atoms with E-state index in [1.807, 2.05) is 53.6 Å². The molecule has 1 aromatic carbocycles. The molecule has 2 aliphatic heterocycles. The lowest BCUT2D eigenvalue weighted by molar-refractivity contribution is -0.136. The topological polar surface area (TPSA) is 56.8 Å². The fourth-order valence-corrected chi connectivity index (χ4v) is 5.03. The van der Waals surface area contributed by atoms with Crippen molar-refractivity contribution in [1.82, 2.24) is 19.7 Å². The van der Waals surface area contributed by atoms with Gasteiger partial charge in [0.2, 0.25) is 0 Å². The first-order chi connectivity index (χ1) is 15.5. The van der Waals surface area contributed by atoms with E-state index in [4.69, 9.17) is 0 Å². The van der Waals surface area contributed by atoms with Crippen molar-refractivity contribution in [3.8, 4) is 0 Å². The molecule has 1 unspecified atom stereocenters. The molecule has 1 spiro atoms. The van der Waals surface area contributed by atoms with Gasteiger partial charge in [0, 0.05) is 44.6 Å². The summed E-state index contributed by atoms with van der Waals surface area (Å²) < 4.78 is 0. The number of imide groups is 1. The maximum absolute atomic E-state index is 13.7. The van der Waals surface area contributed by atoms with Gasteiger partial charge >= 0.3 is 6.03 Å². The van der Waals surface area contributed by atoms with E-state index in [1.165, 1.54) is 4.90 Å². The Morgan fingerprint density at radius 3 is 2.41 bits per heavy atom. The van der Waals surface area contributed by atoms with Crippen molar-refractivity contribution in [3.63, 3.8) is 0 Å². The summed E-state index contributed by atoms with van der Waals surface area (Å²) in [6.07, 6.45) is 7.65. The minimum absolute atomic E-state index is 0.00609. The minimum Gasteiger partial charge on any atom is -0.305 e. The van der Waals surface area contributed by atoms with Gasteiger partial charge in [-0.25, -0.2) is 4.79 Å². The molecule has 170 valence electrons. The zero-order valence-corrected chi connectivity index (χ0v) is 19.2. The number of aromatic nitrogens is 1. The molecular weight excluding hydrogens is 400 g/mol. The van der Waals surface area contributed by atoms with Crippen LogP contribution in [0.1, 0.15) is 50.7 Å². The standard InChI is InChI=1S/C26H34N4O2/c1-3-21(2)28-17-13-26(14-18-28)24(31)29(16-8-12-22-11-7-15-27-19-22)25(32)30(26)20-23-9-5-4-6-10-23/h4-7,9-11,15,19,21H,3,8,12-14,16-18,20H2,1-2H3. The van der Waals surface area contributed by atoms with Crippen molar-refractivity contribution in [2.24, 2.45) is 0 Å². The smallest absolute Gasteiger partial charge is 0.305 e. The molecule has 4 rings (SSSR count). The summed E-state index contributed by atoms with van der Waals surface area (Å²) >= 11 is 0. The Bertz CT molecular complexity index is 910. The lowest BCUT2D eigenvalue weighted by Crippen LogP contribution is -2.57. The van der Waals surface area contributed by atoms with E-state index in [-0.39, 0.29) is 11.9 Å². The van der Waals surface area contributed by atoms with Crippen LogP contribution in [-0.2, 0) is 17.8 Å². The van der Waals surface area contributed by atoms with E-state index >= 15 is 0 Å². The normalized spacial score (nSPS) is 19.7. The molecule has 6 heteroatoms. The second-order valence-electron chi connectivity index (χ2n) is 9.10. The fourth-order valence-electron chi connectivity index (χ4n) is 5.03. The molecule has 0 radical (unpaired) electrons. The van der Waals surface area contributed by atoms with E-state index in [1.54, 1.807) is 6.20 Å². The van der Waals surface area contributed by atoms with Crippen LogP contribution >= 0.6 is 0 Å². The van der Waals surface area contributed by atoms with E-state index < -0.39 is 5.54 Å². The number of amides is 3. The summed E-state index contributed by atoms with van der Waals surface area (Å²) in [6.45, 7) is 7.07. The fraction of sp³-hybridized carbons (Fsp3) is 0.500. The van der Waals surface area contributed by atoms with Crippen molar-refractivity contribution in [1.29, 1.82) is 0 Å². The summed E-state index contributed by atoms with van der Waals surface area (Å²) in [5.74, 6) is -0.00609. The van der Waals surface area contributed by atoms with E-state index in [0.717, 1.165) is 43.5 Å². The number of hydrogen-bond acceptors (Lipinski definition) is 4. The third-order valence-corrected chi connectivity index (χ3v) is 7.21. The van der Waals surface area contributed by atoms with Gasteiger partial charge in [-0.15, -0.1) is 0 Å². The summed E-state index contributed by atoms with van der Waals surface area (Å²) in [7, 11) is 0. The number of benzene rings is 1. The molecule has 0 aliphatic carbocycles. The van der Waals surface area contributed by atoms with Gasteiger partial charge < -0.3 is 9.80 Å². The van der Waals surface area contributed by atoms with Crippen LogP contribution in [0, 0.1) is 0 Å². The molecule has 1 aromatic heterocycles. The number of urea groups is 1. The van der Waals surface area contributed by atoms with Gasteiger partial charge in [-0.1, -0.05) is 43.3 Å². The highest BCUT2D eigenvalue weighted by molar-refractivity contribution is 6.07. The monoisotopic (exact) mass is 434 g/mol. The van der Waals surface area contributed by atoms with Crippen LogP contribution < -0.4 is 0 Å². The van der Waals surface area contributed by atoms with Crippen LogP contribution in [0.15, 0.2) is 54.9 Å². The predicted molar refractivity (Wildman–Crippen MR) is 125 cm³/mol. The quantitative estimate of drug-likeness (QED) is 0.587. The number of nitrogens with zero attached hydrogens (tertiary/aromatic N) is 4. The van der Waals surface area contributed by atoms with Crippen LogP contribution in [-0.4, -0.2) is 62.8 Å². The number of likely N-dealkylation sites (tertiary alicyclic amines) is 1. The van der Waals surface area contributed by atoms with Crippen LogP contribution in [0.2, 0.25) is 0 Å². The van der Waals surface area contributed by atoms with Crippen LogP contribution in [0.5, 0.6) is 0 Å². The summed E-state index contributed by atoms with van der Waals surface area (Å²) in [6, 6.07) is 14.3. The van der Waals surface area contributed by atoms with Crippen LogP contribution in [0.3, 0.4) is 0 Å². The van der Waals surface area contributed by atoms with Crippen molar-refractivity contribution >= 4 is 11.9 Å². The lowest BCUT2D eigenvalue weighted by Gasteiger charge is -2.44. The van der Waals surface area contributed by atoms with Gasteiger partial charge in [0.05, 0.1) is 0 Å². The lowest BCUT2D eigenvalue weighted by atomic mass is 9.85. The number of pyridine rings is 1. The maximum Gasteiger partial charge on any atom is 0.327 e. The molecule has 0 saturated carbocycles.